The van der Waals surface area contributed by atoms with Gasteiger partial charge in [-0.05, 0) is 44.4 Å². The first-order valence-electron chi connectivity index (χ1n) is 8.45. The average molecular weight is 344 g/mol. The second kappa shape index (κ2) is 6.93. The summed E-state index contributed by atoms with van der Waals surface area (Å²) in [6, 6.07) is 7.94. The number of anilines is 1. The fourth-order valence-electron chi connectivity index (χ4n) is 3.46. The Hall–Kier alpha value is -1.88. The van der Waals surface area contributed by atoms with Gasteiger partial charge in [0.05, 0.1) is 18.2 Å². The van der Waals surface area contributed by atoms with E-state index in [1.54, 1.807) is 18.4 Å². The molecule has 1 heterocycles. The molecule has 3 rings (SSSR count). The lowest BCUT2D eigenvalue weighted by molar-refractivity contribution is -0.122. The Labute approximate surface area is 147 Å². The second-order valence-electron chi connectivity index (χ2n) is 6.49. The van der Waals surface area contributed by atoms with E-state index in [0.29, 0.717) is 5.13 Å². The Bertz CT molecular complexity index is 696. The molecule has 1 aromatic carbocycles. The fourth-order valence-corrected chi connectivity index (χ4v) is 4.26. The number of amides is 1. The van der Waals surface area contributed by atoms with Crippen molar-refractivity contribution in [1.82, 2.24) is 4.98 Å². The quantitative estimate of drug-likeness (QED) is 0.881. The van der Waals surface area contributed by atoms with E-state index in [-0.39, 0.29) is 5.91 Å². The van der Waals surface area contributed by atoms with Crippen LogP contribution in [0.2, 0.25) is 0 Å². The van der Waals surface area contributed by atoms with Crippen LogP contribution in [-0.2, 0) is 10.2 Å². The summed E-state index contributed by atoms with van der Waals surface area (Å²) in [5.41, 5.74) is 1.60. The van der Waals surface area contributed by atoms with Gasteiger partial charge in [-0.15, -0.1) is 11.3 Å². The molecule has 1 aliphatic rings. The van der Waals surface area contributed by atoms with Gasteiger partial charge < -0.3 is 10.1 Å². The topological polar surface area (TPSA) is 51.2 Å². The van der Waals surface area contributed by atoms with Crippen molar-refractivity contribution in [2.24, 2.45) is 0 Å². The zero-order chi connectivity index (χ0) is 17.2. The summed E-state index contributed by atoms with van der Waals surface area (Å²) < 4.78 is 5.25. The normalized spacial score (nSPS) is 16.6. The first-order valence-corrected chi connectivity index (χ1v) is 9.27. The molecule has 0 spiro atoms. The SMILES string of the molecule is COc1ccc(C2(C(=O)Nc3nc(C)c(C)s3)CCCCC2)cc1. The van der Waals surface area contributed by atoms with Gasteiger partial charge in [-0.2, -0.15) is 0 Å². The van der Waals surface area contributed by atoms with Crippen molar-refractivity contribution in [2.75, 3.05) is 12.4 Å². The number of nitrogens with zero attached hydrogens (tertiary/aromatic N) is 1. The fraction of sp³-hybridized carbons (Fsp3) is 0.474. The maximum atomic E-state index is 13.2. The van der Waals surface area contributed by atoms with E-state index in [1.165, 1.54) is 6.42 Å². The van der Waals surface area contributed by atoms with Crippen LogP contribution in [0.3, 0.4) is 0 Å². The smallest absolute Gasteiger partial charge is 0.236 e. The molecule has 2 aromatic rings. The van der Waals surface area contributed by atoms with Crippen LogP contribution in [0, 0.1) is 13.8 Å². The molecule has 5 heteroatoms. The summed E-state index contributed by atoms with van der Waals surface area (Å²) in [6.45, 7) is 4.00. The number of hydrogen-bond acceptors (Lipinski definition) is 4. The molecule has 1 aromatic heterocycles. The third-order valence-corrected chi connectivity index (χ3v) is 6.02. The number of nitrogens with one attached hydrogen (secondary N) is 1. The Morgan fingerprint density at radius 1 is 1.17 bits per heavy atom. The van der Waals surface area contributed by atoms with Crippen LogP contribution in [0.5, 0.6) is 5.75 Å². The molecule has 1 N–H and O–H groups in total. The molecular formula is C19H24N2O2S. The molecule has 0 unspecified atom stereocenters. The molecule has 0 saturated heterocycles. The van der Waals surface area contributed by atoms with Crippen LogP contribution in [0.1, 0.15) is 48.2 Å². The van der Waals surface area contributed by atoms with Gasteiger partial charge >= 0.3 is 0 Å². The van der Waals surface area contributed by atoms with E-state index < -0.39 is 5.41 Å². The Morgan fingerprint density at radius 2 is 1.83 bits per heavy atom. The summed E-state index contributed by atoms with van der Waals surface area (Å²) in [4.78, 5) is 18.8. The van der Waals surface area contributed by atoms with E-state index in [2.05, 4.69) is 10.3 Å². The summed E-state index contributed by atoms with van der Waals surface area (Å²) in [7, 11) is 1.66. The van der Waals surface area contributed by atoms with Crippen LogP contribution in [0.25, 0.3) is 0 Å². The summed E-state index contributed by atoms with van der Waals surface area (Å²) in [6.07, 6.45) is 5.12. The van der Waals surface area contributed by atoms with E-state index in [4.69, 9.17) is 4.74 Å². The molecular weight excluding hydrogens is 320 g/mol. The number of benzene rings is 1. The van der Waals surface area contributed by atoms with Gasteiger partial charge in [-0.3, -0.25) is 4.79 Å². The minimum absolute atomic E-state index is 0.0705. The largest absolute Gasteiger partial charge is 0.497 e. The Morgan fingerprint density at radius 3 is 2.38 bits per heavy atom. The number of hydrogen-bond donors (Lipinski definition) is 1. The first kappa shape index (κ1) is 17.0. The molecule has 0 bridgehead atoms. The van der Waals surface area contributed by atoms with Gasteiger partial charge in [-0.1, -0.05) is 31.4 Å². The number of carbonyl (C=O) groups excluding carboxylic acids is 1. The van der Waals surface area contributed by atoms with Crippen LogP contribution in [0.15, 0.2) is 24.3 Å². The molecule has 4 nitrogen and oxygen atoms in total. The third kappa shape index (κ3) is 3.18. The monoisotopic (exact) mass is 344 g/mol. The summed E-state index contributed by atoms with van der Waals surface area (Å²) >= 11 is 1.54. The van der Waals surface area contributed by atoms with Crippen molar-refractivity contribution in [1.29, 1.82) is 0 Å². The number of rotatable bonds is 4. The van der Waals surface area contributed by atoms with E-state index in [9.17, 15) is 4.79 Å². The van der Waals surface area contributed by atoms with E-state index >= 15 is 0 Å². The molecule has 128 valence electrons. The van der Waals surface area contributed by atoms with Gasteiger partial charge in [0.15, 0.2) is 5.13 Å². The summed E-state index contributed by atoms with van der Waals surface area (Å²) in [5, 5.41) is 3.78. The molecule has 1 aliphatic carbocycles. The highest BCUT2D eigenvalue weighted by molar-refractivity contribution is 7.15. The Kier molecular flexibility index (Phi) is 4.90. The molecule has 1 amide bonds. The number of thiazole rings is 1. The van der Waals surface area contributed by atoms with Crippen molar-refractivity contribution < 1.29 is 9.53 Å². The third-order valence-electron chi connectivity index (χ3n) is 5.03. The van der Waals surface area contributed by atoms with E-state index in [0.717, 1.165) is 47.6 Å². The number of aryl methyl sites for hydroxylation is 2. The number of methoxy groups -OCH3 is 1. The molecule has 0 radical (unpaired) electrons. The highest BCUT2D eigenvalue weighted by Crippen LogP contribution is 2.41. The van der Waals surface area contributed by atoms with Crippen LogP contribution >= 0.6 is 11.3 Å². The minimum Gasteiger partial charge on any atom is -0.497 e. The Balaban J connectivity index is 1.90. The average Bonchev–Trinajstić information content (AvgIpc) is 2.93. The van der Waals surface area contributed by atoms with Crippen molar-refractivity contribution in [3.63, 3.8) is 0 Å². The van der Waals surface area contributed by atoms with Crippen molar-refractivity contribution in [3.8, 4) is 5.75 Å². The van der Waals surface area contributed by atoms with E-state index in [1.807, 2.05) is 38.1 Å². The predicted molar refractivity (Wildman–Crippen MR) is 98.0 cm³/mol. The van der Waals surface area contributed by atoms with Gasteiger partial charge in [0, 0.05) is 4.88 Å². The summed E-state index contributed by atoms with van der Waals surface area (Å²) in [5.74, 6) is 0.886. The number of carbonyl (C=O) groups is 1. The lowest BCUT2D eigenvalue weighted by Gasteiger charge is -2.36. The molecule has 0 atom stereocenters. The lowest BCUT2D eigenvalue weighted by atomic mass is 9.68. The van der Waals surface area contributed by atoms with Crippen LogP contribution in [-0.4, -0.2) is 18.0 Å². The van der Waals surface area contributed by atoms with Crippen LogP contribution < -0.4 is 10.1 Å². The number of aromatic nitrogens is 1. The minimum atomic E-state index is -0.460. The zero-order valence-corrected chi connectivity index (χ0v) is 15.3. The molecule has 0 aliphatic heterocycles. The second-order valence-corrected chi connectivity index (χ2v) is 7.69. The lowest BCUT2D eigenvalue weighted by Crippen LogP contribution is -2.42. The van der Waals surface area contributed by atoms with Gasteiger partial charge in [0.2, 0.25) is 5.91 Å². The maximum absolute atomic E-state index is 13.2. The molecule has 1 saturated carbocycles. The van der Waals surface area contributed by atoms with Crippen molar-refractivity contribution in [3.05, 3.63) is 40.4 Å². The van der Waals surface area contributed by atoms with Crippen molar-refractivity contribution in [2.45, 2.75) is 51.4 Å². The zero-order valence-electron chi connectivity index (χ0n) is 14.5. The van der Waals surface area contributed by atoms with Crippen molar-refractivity contribution >= 4 is 22.4 Å². The molecule has 24 heavy (non-hydrogen) atoms. The maximum Gasteiger partial charge on any atom is 0.236 e. The first-order chi connectivity index (χ1) is 11.5. The highest BCUT2D eigenvalue weighted by atomic mass is 32.1. The highest BCUT2D eigenvalue weighted by Gasteiger charge is 2.41. The number of ether oxygens (including phenoxy) is 1. The molecule has 1 fully saturated rings. The predicted octanol–water partition coefficient (Wildman–Crippen LogP) is 4.61. The van der Waals surface area contributed by atoms with Gasteiger partial charge in [0.25, 0.3) is 0 Å². The standard InChI is InChI=1S/C19H24N2O2S/c1-13-14(2)24-18(20-13)21-17(22)19(11-5-4-6-12-19)15-7-9-16(23-3)10-8-15/h7-10H,4-6,11-12H2,1-3H3,(H,20,21,22). The van der Waals surface area contributed by atoms with Crippen LogP contribution in [0.4, 0.5) is 5.13 Å². The van der Waals surface area contributed by atoms with Gasteiger partial charge in [0.1, 0.15) is 5.75 Å². The van der Waals surface area contributed by atoms with Gasteiger partial charge in [-0.25, -0.2) is 4.98 Å².